The second-order valence-electron chi connectivity index (χ2n) is 4.67. The minimum Gasteiger partial charge on any atom is -0.497 e. The van der Waals surface area contributed by atoms with E-state index in [2.05, 4.69) is 15.2 Å². The first-order valence-electron chi connectivity index (χ1n) is 6.16. The Kier molecular flexibility index (Phi) is 3.84. The molecule has 4 nitrogen and oxygen atoms in total. The number of rotatable bonds is 5. The summed E-state index contributed by atoms with van der Waals surface area (Å²) >= 11 is 13.6. The van der Waals surface area contributed by atoms with Crippen molar-refractivity contribution < 1.29 is 4.74 Å². The lowest BCUT2D eigenvalue weighted by Crippen LogP contribution is -1.93. The summed E-state index contributed by atoms with van der Waals surface area (Å²) in [5.74, 6) is 2.73. The molecule has 1 aromatic carbocycles. The third-order valence-corrected chi connectivity index (χ3v) is 5.13. The van der Waals surface area contributed by atoms with Gasteiger partial charge in [0.25, 0.3) is 0 Å². The largest absolute Gasteiger partial charge is 0.497 e. The number of benzene rings is 1. The van der Waals surface area contributed by atoms with Gasteiger partial charge in [-0.05, 0) is 30.7 Å². The maximum atomic E-state index is 5.99. The number of thioether (sulfide) groups is 1. The number of hydrogen-bond acceptors (Lipinski definition) is 4. The van der Waals surface area contributed by atoms with Gasteiger partial charge in [0.05, 0.1) is 7.11 Å². The van der Waals surface area contributed by atoms with Gasteiger partial charge in [-0.1, -0.05) is 11.8 Å². The molecular formula is C13H13Cl2N3OS. The maximum absolute atomic E-state index is 5.99. The Morgan fingerprint density at radius 1 is 1.40 bits per heavy atom. The molecule has 1 aromatic heterocycles. The van der Waals surface area contributed by atoms with Gasteiger partial charge in [-0.2, -0.15) is 0 Å². The van der Waals surface area contributed by atoms with Crippen LogP contribution in [0.1, 0.15) is 6.42 Å². The molecule has 1 N–H and O–H groups in total. The lowest BCUT2D eigenvalue weighted by atomic mass is 10.2. The summed E-state index contributed by atoms with van der Waals surface area (Å²) in [7, 11) is 1.64. The molecule has 1 aliphatic rings. The number of methoxy groups -OCH3 is 1. The van der Waals surface area contributed by atoms with Crippen molar-refractivity contribution >= 4 is 35.0 Å². The Hall–Kier alpha value is -0.910. The van der Waals surface area contributed by atoms with Crippen molar-refractivity contribution in [3.63, 3.8) is 0 Å². The lowest BCUT2D eigenvalue weighted by molar-refractivity contribution is 0.415. The van der Waals surface area contributed by atoms with Gasteiger partial charge >= 0.3 is 0 Å². The molecule has 1 aliphatic carbocycles. The summed E-state index contributed by atoms with van der Waals surface area (Å²) in [4.78, 5) is 4.45. The van der Waals surface area contributed by atoms with Gasteiger partial charge in [-0.25, -0.2) is 4.98 Å². The number of aromatic nitrogens is 3. The monoisotopic (exact) mass is 329 g/mol. The van der Waals surface area contributed by atoms with E-state index < -0.39 is 4.33 Å². The van der Waals surface area contributed by atoms with Crippen LogP contribution in [0.4, 0.5) is 0 Å². The SMILES string of the molecule is COc1ccc(-c2nc(SC[C@@H]3CC3(Cl)Cl)n[nH]2)cc1. The van der Waals surface area contributed by atoms with Gasteiger partial charge in [-0.15, -0.1) is 28.3 Å². The van der Waals surface area contributed by atoms with E-state index in [0.29, 0.717) is 11.1 Å². The lowest BCUT2D eigenvalue weighted by Gasteiger charge is -1.99. The molecule has 0 unspecified atom stereocenters. The van der Waals surface area contributed by atoms with Crippen LogP contribution in [0.3, 0.4) is 0 Å². The molecule has 0 bridgehead atoms. The first-order chi connectivity index (χ1) is 9.58. The van der Waals surface area contributed by atoms with Gasteiger partial charge in [0.1, 0.15) is 10.1 Å². The highest BCUT2D eigenvalue weighted by Crippen LogP contribution is 2.54. The van der Waals surface area contributed by atoms with Crippen LogP contribution in [0.2, 0.25) is 0 Å². The van der Waals surface area contributed by atoms with E-state index in [9.17, 15) is 0 Å². The van der Waals surface area contributed by atoms with E-state index in [1.807, 2.05) is 24.3 Å². The van der Waals surface area contributed by atoms with Gasteiger partial charge in [-0.3, -0.25) is 5.10 Å². The molecule has 0 saturated heterocycles. The minimum atomic E-state index is -0.540. The number of ether oxygens (including phenoxy) is 1. The van der Waals surface area contributed by atoms with Gasteiger partial charge < -0.3 is 4.74 Å². The van der Waals surface area contributed by atoms with Crippen LogP contribution < -0.4 is 4.74 Å². The number of H-pyrrole nitrogens is 1. The number of aromatic amines is 1. The van der Waals surface area contributed by atoms with Gasteiger partial charge in [0.15, 0.2) is 5.82 Å². The summed E-state index contributed by atoms with van der Waals surface area (Å²) in [6.07, 6.45) is 0.846. The van der Waals surface area contributed by atoms with Crippen molar-refractivity contribution in [1.82, 2.24) is 15.2 Å². The average Bonchev–Trinajstić information content (AvgIpc) is 2.88. The highest BCUT2D eigenvalue weighted by Gasteiger charge is 2.51. The van der Waals surface area contributed by atoms with E-state index in [1.165, 1.54) is 0 Å². The number of hydrogen-bond donors (Lipinski definition) is 1. The van der Waals surface area contributed by atoms with Crippen LogP contribution in [-0.4, -0.2) is 32.4 Å². The number of nitrogens with zero attached hydrogens (tertiary/aromatic N) is 2. The normalized spacial score (nSPS) is 19.9. The molecule has 2 aromatic rings. The molecule has 1 atom stereocenters. The molecule has 1 saturated carbocycles. The molecule has 0 spiro atoms. The molecule has 20 heavy (non-hydrogen) atoms. The molecule has 0 radical (unpaired) electrons. The quantitative estimate of drug-likeness (QED) is 0.670. The predicted octanol–water partition coefficient (Wildman–Crippen LogP) is 3.77. The van der Waals surface area contributed by atoms with Crippen LogP contribution in [0.15, 0.2) is 29.4 Å². The summed E-state index contributed by atoms with van der Waals surface area (Å²) in [5.41, 5.74) is 0.973. The van der Waals surface area contributed by atoms with E-state index in [1.54, 1.807) is 18.9 Å². The van der Waals surface area contributed by atoms with Crippen molar-refractivity contribution in [2.24, 2.45) is 5.92 Å². The average molecular weight is 330 g/mol. The molecule has 7 heteroatoms. The Labute approximate surface area is 131 Å². The van der Waals surface area contributed by atoms with Gasteiger partial charge in [0, 0.05) is 17.2 Å². The second-order valence-corrected chi connectivity index (χ2v) is 7.20. The van der Waals surface area contributed by atoms with Crippen molar-refractivity contribution in [2.45, 2.75) is 15.9 Å². The zero-order chi connectivity index (χ0) is 14.2. The summed E-state index contributed by atoms with van der Waals surface area (Å²) < 4.78 is 4.59. The number of halogens is 2. The molecule has 1 heterocycles. The van der Waals surface area contributed by atoms with E-state index in [4.69, 9.17) is 27.9 Å². The van der Waals surface area contributed by atoms with Crippen molar-refractivity contribution in [2.75, 3.05) is 12.9 Å². The third-order valence-electron chi connectivity index (χ3n) is 3.20. The number of alkyl halides is 2. The van der Waals surface area contributed by atoms with Crippen LogP contribution in [0.5, 0.6) is 5.75 Å². The first-order valence-corrected chi connectivity index (χ1v) is 7.90. The predicted molar refractivity (Wildman–Crippen MR) is 81.6 cm³/mol. The smallest absolute Gasteiger partial charge is 0.208 e. The van der Waals surface area contributed by atoms with Crippen molar-refractivity contribution in [3.05, 3.63) is 24.3 Å². The summed E-state index contributed by atoms with van der Waals surface area (Å²) in [5, 5.41) is 7.84. The third kappa shape index (κ3) is 3.05. The Balaban J connectivity index is 1.63. The van der Waals surface area contributed by atoms with E-state index >= 15 is 0 Å². The molecule has 1 fully saturated rings. The standard InChI is InChI=1S/C13H13Cl2N3OS/c1-19-10-4-2-8(3-5-10)11-16-12(18-17-11)20-7-9-6-13(9,14)15/h2-5,9H,6-7H2,1H3,(H,16,17,18)/t9-/m0/s1. The zero-order valence-electron chi connectivity index (χ0n) is 10.8. The fourth-order valence-electron chi connectivity index (χ4n) is 1.81. The Morgan fingerprint density at radius 3 is 2.70 bits per heavy atom. The van der Waals surface area contributed by atoms with E-state index in [-0.39, 0.29) is 0 Å². The van der Waals surface area contributed by atoms with Crippen molar-refractivity contribution in [3.8, 4) is 17.1 Å². The fourth-order valence-corrected chi connectivity index (χ4v) is 3.54. The zero-order valence-corrected chi connectivity index (χ0v) is 13.1. The summed E-state index contributed by atoms with van der Waals surface area (Å²) in [6, 6.07) is 7.67. The highest BCUT2D eigenvalue weighted by molar-refractivity contribution is 7.99. The Morgan fingerprint density at radius 2 is 2.10 bits per heavy atom. The molecule has 0 aliphatic heterocycles. The highest BCUT2D eigenvalue weighted by atomic mass is 35.5. The Bertz CT molecular complexity index is 600. The van der Waals surface area contributed by atoms with Crippen LogP contribution >= 0.6 is 35.0 Å². The maximum Gasteiger partial charge on any atom is 0.208 e. The fraction of sp³-hybridized carbons (Fsp3) is 0.385. The summed E-state index contributed by atoms with van der Waals surface area (Å²) in [6.45, 7) is 0. The molecular weight excluding hydrogens is 317 g/mol. The van der Waals surface area contributed by atoms with Crippen LogP contribution in [-0.2, 0) is 0 Å². The molecule has 0 amide bonds. The van der Waals surface area contributed by atoms with Crippen molar-refractivity contribution in [1.29, 1.82) is 0 Å². The van der Waals surface area contributed by atoms with Crippen LogP contribution in [0.25, 0.3) is 11.4 Å². The van der Waals surface area contributed by atoms with E-state index in [0.717, 1.165) is 29.3 Å². The molecule has 106 valence electrons. The minimum absolute atomic E-state index is 0.332. The number of nitrogens with one attached hydrogen (secondary N) is 1. The second kappa shape index (κ2) is 5.47. The van der Waals surface area contributed by atoms with Crippen LogP contribution in [0, 0.1) is 5.92 Å². The topological polar surface area (TPSA) is 50.8 Å². The first kappa shape index (κ1) is 14.0. The van der Waals surface area contributed by atoms with Gasteiger partial charge in [0.2, 0.25) is 5.16 Å². The molecule has 3 rings (SSSR count).